The molecule has 1 fully saturated rings. The number of nitrogens with zero attached hydrogens (tertiary/aromatic N) is 5. The maximum Gasteiger partial charge on any atom is 0.356 e. The zero-order valence-corrected chi connectivity index (χ0v) is 15.2. The summed E-state index contributed by atoms with van der Waals surface area (Å²) in [6, 6.07) is 12.1. The van der Waals surface area contributed by atoms with Gasteiger partial charge in [-0.15, -0.1) is 5.10 Å². The summed E-state index contributed by atoms with van der Waals surface area (Å²) in [6.07, 6.45) is 1.31. The number of carbonyl (C=O) groups is 1. The van der Waals surface area contributed by atoms with E-state index < -0.39 is 5.97 Å². The van der Waals surface area contributed by atoms with Gasteiger partial charge in [0, 0.05) is 38.4 Å². The number of rotatable bonds is 5. The quantitative estimate of drug-likeness (QED) is 0.712. The number of anilines is 2. The Balaban J connectivity index is 1.42. The third-order valence-electron chi connectivity index (χ3n) is 4.86. The second kappa shape index (κ2) is 7.24. The highest BCUT2D eigenvalue weighted by atomic mass is 16.4. The molecule has 0 saturated carbocycles. The number of fused-ring (bicyclic) bond motifs is 1. The Hall–Kier alpha value is -3.13. The maximum atomic E-state index is 11.2. The molecular weight excluding hydrogens is 344 g/mol. The molecule has 4 rings (SSSR count). The lowest BCUT2D eigenvalue weighted by molar-refractivity contribution is 0.0688. The van der Waals surface area contributed by atoms with Crippen LogP contribution in [0.1, 0.15) is 16.1 Å². The molecule has 3 aromatic rings. The molecule has 0 amide bonds. The smallest absolute Gasteiger partial charge is 0.356 e. The number of carboxylic acid groups (broad SMARTS) is 1. The Morgan fingerprint density at radius 1 is 1.11 bits per heavy atom. The number of carboxylic acids is 1. The van der Waals surface area contributed by atoms with Crippen molar-refractivity contribution in [2.75, 3.05) is 43.4 Å². The van der Waals surface area contributed by atoms with Crippen molar-refractivity contribution < 1.29 is 9.90 Å². The van der Waals surface area contributed by atoms with Gasteiger partial charge in [0.25, 0.3) is 0 Å². The first-order valence-electron chi connectivity index (χ1n) is 8.94. The lowest BCUT2D eigenvalue weighted by Gasteiger charge is -2.34. The summed E-state index contributed by atoms with van der Waals surface area (Å²) in [7, 11) is 2.15. The molecule has 1 aromatic carbocycles. The fourth-order valence-corrected chi connectivity index (χ4v) is 3.20. The molecule has 8 heteroatoms. The Bertz CT molecular complexity index is 944. The highest BCUT2D eigenvalue weighted by Crippen LogP contribution is 2.18. The number of imidazole rings is 1. The van der Waals surface area contributed by atoms with Crippen molar-refractivity contribution >= 4 is 23.1 Å². The first kappa shape index (κ1) is 17.3. The van der Waals surface area contributed by atoms with Gasteiger partial charge in [-0.2, -0.15) is 0 Å². The molecule has 0 aliphatic carbocycles. The van der Waals surface area contributed by atoms with Crippen LogP contribution in [0.3, 0.4) is 0 Å². The summed E-state index contributed by atoms with van der Waals surface area (Å²) in [5.74, 6) is -0.446. The van der Waals surface area contributed by atoms with E-state index in [4.69, 9.17) is 0 Å². The van der Waals surface area contributed by atoms with Crippen LogP contribution in [-0.2, 0) is 6.54 Å². The molecule has 0 atom stereocenters. The highest BCUT2D eigenvalue weighted by Gasteiger charge is 2.14. The second-order valence-corrected chi connectivity index (χ2v) is 6.75. The monoisotopic (exact) mass is 366 g/mol. The van der Waals surface area contributed by atoms with Crippen LogP contribution in [0.15, 0.2) is 42.6 Å². The summed E-state index contributed by atoms with van der Waals surface area (Å²) in [4.78, 5) is 20.0. The van der Waals surface area contributed by atoms with Crippen LogP contribution in [0.4, 0.5) is 11.5 Å². The van der Waals surface area contributed by atoms with Gasteiger partial charge in [-0.25, -0.2) is 14.3 Å². The van der Waals surface area contributed by atoms with Crippen LogP contribution in [0.5, 0.6) is 0 Å². The van der Waals surface area contributed by atoms with Gasteiger partial charge in [-0.3, -0.25) is 0 Å². The summed E-state index contributed by atoms with van der Waals surface area (Å²) >= 11 is 0. The van der Waals surface area contributed by atoms with Crippen LogP contribution in [0, 0.1) is 0 Å². The first-order valence-corrected chi connectivity index (χ1v) is 8.94. The Labute approximate surface area is 157 Å². The van der Waals surface area contributed by atoms with Crippen molar-refractivity contribution in [2.24, 2.45) is 0 Å². The van der Waals surface area contributed by atoms with E-state index in [1.165, 1.54) is 16.4 Å². The van der Waals surface area contributed by atoms with E-state index in [-0.39, 0.29) is 5.69 Å². The minimum absolute atomic E-state index is 0.0465. The van der Waals surface area contributed by atoms with E-state index >= 15 is 0 Å². The molecule has 0 unspecified atom stereocenters. The molecule has 1 aliphatic heterocycles. The standard InChI is InChI=1S/C19H22N6O2/c1-23-8-10-24(11-9-23)15-4-2-14(3-5-15)12-20-17-6-7-18-21-13-16(19(26)27)25(18)22-17/h2-7,13H,8-12H2,1H3,(H,20,22)(H,26,27). The molecule has 140 valence electrons. The molecule has 1 aliphatic rings. The van der Waals surface area contributed by atoms with Crippen molar-refractivity contribution in [1.82, 2.24) is 19.5 Å². The minimum atomic E-state index is -1.05. The number of piperazine rings is 1. The third kappa shape index (κ3) is 3.70. The van der Waals surface area contributed by atoms with Gasteiger partial charge in [0.1, 0.15) is 5.82 Å². The molecule has 2 aromatic heterocycles. The van der Waals surface area contributed by atoms with Crippen molar-refractivity contribution in [3.8, 4) is 0 Å². The summed E-state index contributed by atoms with van der Waals surface area (Å²) in [5, 5.41) is 16.8. The average molecular weight is 366 g/mol. The Morgan fingerprint density at radius 2 is 1.85 bits per heavy atom. The van der Waals surface area contributed by atoms with Crippen molar-refractivity contribution in [3.63, 3.8) is 0 Å². The van der Waals surface area contributed by atoms with E-state index in [0.29, 0.717) is 18.0 Å². The predicted octanol–water partition coefficient (Wildman–Crippen LogP) is 1.79. The lowest BCUT2D eigenvalue weighted by Crippen LogP contribution is -2.44. The largest absolute Gasteiger partial charge is 0.476 e. The fraction of sp³-hybridized carbons (Fsp3) is 0.316. The number of nitrogens with one attached hydrogen (secondary N) is 1. The molecule has 0 spiro atoms. The van der Waals surface area contributed by atoms with Gasteiger partial charge in [-0.1, -0.05) is 12.1 Å². The number of benzene rings is 1. The molecule has 0 bridgehead atoms. The molecule has 27 heavy (non-hydrogen) atoms. The van der Waals surface area contributed by atoms with E-state index in [0.717, 1.165) is 31.7 Å². The number of hydrogen-bond acceptors (Lipinski definition) is 6. The van der Waals surface area contributed by atoms with Crippen LogP contribution >= 0.6 is 0 Å². The van der Waals surface area contributed by atoms with Crippen LogP contribution in [0.25, 0.3) is 5.65 Å². The maximum absolute atomic E-state index is 11.2. The SMILES string of the molecule is CN1CCN(c2ccc(CNc3ccc4ncc(C(=O)O)n4n3)cc2)CC1. The molecular formula is C19H22N6O2. The number of aromatic nitrogens is 3. The number of aromatic carboxylic acids is 1. The second-order valence-electron chi connectivity index (χ2n) is 6.75. The minimum Gasteiger partial charge on any atom is -0.476 e. The van der Waals surface area contributed by atoms with Gasteiger partial charge in [0.2, 0.25) is 0 Å². The van der Waals surface area contributed by atoms with E-state index in [1.54, 1.807) is 12.1 Å². The van der Waals surface area contributed by atoms with Crippen LogP contribution in [0.2, 0.25) is 0 Å². The van der Waals surface area contributed by atoms with Gasteiger partial charge >= 0.3 is 5.97 Å². The summed E-state index contributed by atoms with van der Waals surface area (Å²) in [5.41, 5.74) is 2.94. The van der Waals surface area contributed by atoms with Crippen LogP contribution < -0.4 is 10.2 Å². The first-order chi connectivity index (χ1) is 13.1. The molecule has 1 saturated heterocycles. The van der Waals surface area contributed by atoms with E-state index in [2.05, 4.69) is 56.5 Å². The molecule has 8 nitrogen and oxygen atoms in total. The average Bonchev–Trinajstić information content (AvgIpc) is 3.11. The normalized spacial score (nSPS) is 15.2. The van der Waals surface area contributed by atoms with E-state index in [9.17, 15) is 9.90 Å². The van der Waals surface area contributed by atoms with Gasteiger partial charge < -0.3 is 20.2 Å². The lowest BCUT2D eigenvalue weighted by atomic mass is 10.2. The summed E-state index contributed by atoms with van der Waals surface area (Å²) in [6.45, 7) is 4.89. The van der Waals surface area contributed by atoms with Crippen molar-refractivity contribution in [2.45, 2.75) is 6.54 Å². The van der Waals surface area contributed by atoms with Gasteiger partial charge in [0.15, 0.2) is 11.3 Å². The third-order valence-corrected chi connectivity index (χ3v) is 4.86. The number of likely N-dealkylation sites (N-methyl/N-ethyl adjacent to an activating group) is 1. The predicted molar refractivity (Wildman–Crippen MR) is 103 cm³/mol. The summed E-state index contributed by atoms with van der Waals surface area (Å²) < 4.78 is 1.33. The highest BCUT2D eigenvalue weighted by molar-refractivity contribution is 5.86. The molecule has 2 N–H and O–H groups in total. The van der Waals surface area contributed by atoms with Crippen molar-refractivity contribution in [3.05, 3.63) is 53.9 Å². The Kier molecular flexibility index (Phi) is 4.64. The molecule has 3 heterocycles. The van der Waals surface area contributed by atoms with Crippen LogP contribution in [-0.4, -0.2) is 63.8 Å². The van der Waals surface area contributed by atoms with Crippen molar-refractivity contribution in [1.29, 1.82) is 0 Å². The topological polar surface area (TPSA) is 86.0 Å². The van der Waals surface area contributed by atoms with Gasteiger partial charge in [-0.05, 0) is 36.9 Å². The van der Waals surface area contributed by atoms with E-state index in [1.807, 2.05) is 0 Å². The van der Waals surface area contributed by atoms with Gasteiger partial charge in [0.05, 0.1) is 6.20 Å². The fourth-order valence-electron chi connectivity index (χ4n) is 3.20. The zero-order valence-electron chi connectivity index (χ0n) is 15.2. The Morgan fingerprint density at radius 3 is 2.56 bits per heavy atom. The zero-order chi connectivity index (χ0) is 18.8. The number of hydrogen-bond donors (Lipinski definition) is 2. The molecule has 0 radical (unpaired) electrons.